The van der Waals surface area contributed by atoms with Crippen molar-refractivity contribution >= 4 is 23.2 Å². The van der Waals surface area contributed by atoms with Crippen molar-refractivity contribution in [1.29, 1.82) is 0 Å². The SMILES string of the molecule is OCc1ccccc1CNCc1cc(Cl)cc(Cl)c1O. The highest BCUT2D eigenvalue weighted by molar-refractivity contribution is 6.35. The summed E-state index contributed by atoms with van der Waals surface area (Å²) in [6.07, 6.45) is 0. The van der Waals surface area contributed by atoms with E-state index in [2.05, 4.69) is 5.32 Å². The number of phenols is 1. The Morgan fingerprint density at radius 3 is 2.30 bits per heavy atom. The zero-order chi connectivity index (χ0) is 14.5. The maximum Gasteiger partial charge on any atom is 0.138 e. The van der Waals surface area contributed by atoms with Gasteiger partial charge in [0.15, 0.2) is 0 Å². The maximum atomic E-state index is 9.85. The molecule has 2 aromatic rings. The normalized spacial score (nSPS) is 10.8. The largest absolute Gasteiger partial charge is 0.506 e. The van der Waals surface area contributed by atoms with Crippen molar-refractivity contribution in [2.75, 3.05) is 0 Å². The summed E-state index contributed by atoms with van der Waals surface area (Å²) in [5.41, 5.74) is 2.54. The smallest absolute Gasteiger partial charge is 0.138 e. The number of aliphatic hydroxyl groups excluding tert-OH is 1. The fourth-order valence-corrected chi connectivity index (χ4v) is 2.51. The molecule has 2 aromatic carbocycles. The minimum Gasteiger partial charge on any atom is -0.506 e. The lowest BCUT2D eigenvalue weighted by atomic mass is 10.1. The second-order valence-corrected chi connectivity index (χ2v) is 5.27. The van der Waals surface area contributed by atoms with E-state index in [9.17, 15) is 10.2 Å². The number of phenolic OH excluding ortho intramolecular Hbond substituents is 1. The first-order valence-corrected chi connectivity index (χ1v) is 6.92. The van der Waals surface area contributed by atoms with E-state index < -0.39 is 0 Å². The second kappa shape index (κ2) is 6.95. The Bertz CT molecular complexity index is 602. The lowest BCUT2D eigenvalue weighted by Gasteiger charge is -2.11. The van der Waals surface area contributed by atoms with Crippen LogP contribution in [0.25, 0.3) is 0 Å². The fourth-order valence-electron chi connectivity index (χ4n) is 1.97. The topological polar surface area (TPSA) is 52.5 Å². The molecule has 3 N–H and O–H groups in total. The summed E-state index contributed by atoms with van der Waals surface area (Å²) in [6.45, 7) is 1.03. The third-order valence-corrected chi connectivity index (χ3v) is 3.53. The van der Waals surface area contributed by atoms with Crippen molar-refractivity contribution in [1.82, 2.24) is 5.32 Å². The van der Waals surface area contributed by atoms with Crippen LogP contribution >= 0.6 is 23.2 Å². The van der Waals surface area contributed by atoms with Crippen LogP contribution < -0.4 is 5.32 Å². The Labute approximate surface area is 127 Å². The van der Waals surface area contributed by atoms with Gasteiger partial charge in [0.05, 0.1) is 11.6 Å². The van der Waals surface area contributed by atoms with Crippen LogP contribution in [0, 0.1) is 0 Å². The van der Waals surface area contributed by atoms with Crippen molar-refractivity contribution in [2.45, 2.75) is 19.7 Å². The number of hydrogen-bond donors (Lipinski definition) is 3. The Morgan fingerprint density at radius 2 is 1.60 bits per heavy atom. The molecular weight excluding hydrogens is 297 g/mol. The Kier molecular flexibility index (Phi) is 5.26. The molecule has 0 saturated carbocycles. The molecule has 3 nitrogen and oxygen atoms in total. The average Bonchev–Trinajstić information content (AvgIpc) is 2.44. The van der Waals surface area contributed by atoms with Crippen LogP contribution in [0.1, 0.15) is 16.7 Å². The molecule has 0 aliphatic carbocycles. The molecule has 0 spiro atoms. The standard InChI is InChI=1S/C15H15Cl2NO2/c16-13-5-12(15(20)14(17)6-13)8-18-7-10-3-1-2-4-11(10)9-19/h1-6,18-20H,7-9H2. The van der Waals surface area contributed by atoms with Gasteiger partial charge in [-0.3, -0.25) is 0 Å². The average molecular weight is 312 g/mol. The van der Waals surface area contributed by atoms with E-state index in [4.69, 9.17) is 23.2 Å². The lowest BCUT2D eigenvalue weighted by Crippen LogP contribution is -2.14. The van der Waals surface area contributed by atoms with Gasteiger partial charge in [0.2, 0.25) is 0 Å². The van der Waals surface area contributed by atoms with E-state index in [1.807, 2.05) is 24.3 Å². The molecule has 0 heterocycles. The quantitative estimate of drug-likeness (QED) is 0.792. The van der Waals surface area contributed by atoms with Crippen LogP contribution in [0.5, 0.6) is 5.75 Å². The molecule has 2 rings (SSSR count). The second-order valence-electron chi connectivity index (χ2n) is 4.43. The fraction of sp³-hybridized carbons (Fsp3) is 0.200. The van der Waals surface area contributed by atoms with E-state index in [0.717, 1.165) is 11.1 Å². The molecule has 0 aliphatic rings. The minimum atomic E-state index is 0.00605. The van der Waals surface area contributed by atoms with E-state index in [1.54, 1.807) is 6.07 Å². The van der Waals surface area contributed by atoms with Gasteiger partial charge in [-0.15, -0.1) is 0 Å². The number of hydrogen-bond acceptors (Lipinski definition) is 3. The molecular formula is C15H15Cl2NO2. The van der Waals surface area contributed by atoms with Gasteiger partial charge in [0.25, 0.3) is 0 Å². The summed E-state index contributed by atoms with van der Waals surface area (Å²) in [7, 11) is 0. The number of halogens is 2. The van der Waals surface area contributed by atoms with E-state index >= 15 is 0 Å². The Morgan fingerprint density at radius 1 is 0.950 bits per heavy atom. The molecule has 20 heavy (non-hydrogen) atoms. The Balaban J connectivity index is 2.03. The molecule has 0 saturated heterocycles. The van der Waals surface area contributed by atoms with Gasteiger partial charge in [-0.2, -0.15) is 0 Å². The molecule has 5 heteroatoms. The molecule has 0 fully saturated rings. The summed E-state index contributed by atoms with van der Waals surface area (Å²) in [5, 5.41) is 23.0. The zero-order valence-corrected chi connectivity index (χ0v) is 12.2. The monoisotopic (exact) mass is 311 g/mol. The third kappa shape index (κ3) is 3.64. The van der Waals surface area contributed by atoms with E-state index in [-0.39, 0.29) is 17.4 Å². The van der Waals surface area contributed by atoms with E-state index in [1.165, 1.54) is 6.07 Å². The van der Waals surface area contributed by atoms with Crippen molar-refractivity contribution in [3.05, 3.63) is 63.1 Å². The number of rotatable bonds is 5. The van der Waals surface area contributed by atoms with Crippen LogP contribution in [0.15, 0.2) is 36.4 Å². The van der Waals surface area contributed by atoms with E-state index in [0.29, 0.717) is 23.7 Å². The maximum absolute atomic E-state index is 9.85. The van der Waals surface area contributed by atoms with Crippen LogP contribution in [0.3, 0.4) is 0 Å². The van der Waals surface area contributed by atoms with Crippen LogP contribution in [0.2, 0.25) is 10.0 Å². The van der Waals surface area contributed by atoms with Gasteiger partial charge in [-0.25, -0.2) is 0 Å². The molecule has 106 valence electrons. The lowest BCUT2D eigenvalue weighted by molar-refractivity contribution is 0.280. The van der Waals surface area contributed by atoms with Crippen LogP contribution in [0.4, 0.5) is 0 Å². The van der Waals surface area contributed by atoms with Gasteiger partial charge < -0.3 is 15.5 Å². The highest BCUT2D eigenvalue weighted by atomic mass is 35.5. The Hall–Kier alpha value is -1.26. The third-order valence-electron chi connectivity index (χ3n) is 3.03. The molecule has 0 unspecified atom stereocenters. The van der Waals surface area contributed by atoms with Crippen LogP contribution in [-0.4, -0.2) is 10.2 Å². The van der Waals surface area contributed by atoms with Crippen molar-refractivity contribution < 1.29 is 10.2 Å². The van der Waals surface area contributed by atoms with Gasteiger partial charge in [0, 0.05) is 23.7 Å². The summed E-state index contributed by atoms with van der Waals surface area (Å²) in [4.78, 5) is 0. The summed E-state index contributed by atoms with van der Waals surface area (Å²) < 4.78 is 0. The molecule has 0 aliphatic heterocycles. The van der Waals surface area contributed by atoms with Gasteiger partial charge >= 0.3 is 0 Å². The molecule has 0 radical (unpaired) electrons. The van der Waals surface area contributed by atoms with Crippen LogP contribution in [-0.2, 0) is 19.7 Å². The molecule has 0 aromatic heterocycles. The molecule has 0 atom stereocenters. The number of aromatic hydroxyl groups is 1. The van der Waals surface area contributed by atoms with Gasteiger partial charge in [-0.05, 0) is 23.3 Å². The number of aliphatic hydroxyl groups is 1. The number of nitrogens with one attached hydrogen (secondary N) is 1. The van der Waals surface area contributed by atoms with Crippen molar-refractivity contribution in [2.24, 2.45) is 0 Å². The minimum absolute atomic E-state index is 0.00605. The van der Waals surface area contributed by atoms with Crippen molar-refractivity contribution in [3.8, 4) is 5.75 Å². The summed E-state index contributed by atoms with van der Waals surface area (Å²) >= 11 is 11.8. The summed E-state index contributed by atoms with van der Waals surface area (Å²) in [5.74, 6) is 0.0408. The van der Waals surface area contributed by atoms with Crippen molar-refractivity contribution in [3.63, 3.8) is 0 Å². The van der Waals surface area contributed by atoms with Gasteiger partial charge in [-0.1, -0.05) is 47.5 Å². The first-order chi connectivity index (χ1) is 9.61. The predicted molar refractivity (Wildman–Crippen MR) is 81.0 cm³/mol. The van der Waals surface area contributed by atoms with Gasteiger partial charge in [0.1, 0.15) is 5.75 Å². The first kappa shape index (κ1) is 15.1. The highest BCUT2D eigenvalue weighted by Crippen LogP contribution is 2.31. The zero-order valence-electron chi connectivity index (χ0n) is 10.7. The highest BCUT2D eigenvalue weighted by Gasteiger charge is 2.08. The first-order valence-electron chi connectivity index (χ1n) is 6.17. The molecule has 0 bridgehead atoms. The summed E-state index contributed by atoms with van der Waals surface area (Å²) in [6, 6.07) is 10.8. The predicted octanol–water partition coefficient (Wildman–Crippen LogP) is 3.48. The molecule has 0 amide bonds. The number of benzene rings is 2.